The van der Waals surface area contributed by atoms with Crippen molar-refractivity contribution in [1.82, 2.24) is 0 Å². The Balaban J connectivity index is 2.84. The van der Waals surface area contributed by atoms with E-state index in [0.29, 0.717) is 5.92 Å². The molecule has 1 saturated carbocycles. The zero-order valence-electron chi connectivity index (χ0n) is 12.7. The normalized spacial score (nSPS) is 53.1. The van der Waals surface area contributed by atoms with Gasteiger partial charge in [-0.1, -0.05) is 45.8 Å². The largest absolute Gasteiger partial charge is 0.389 e. The summed E-state index contributed by atoms with van der Waals surface area (Å²) in [6.07, 6.45) is 1.19. The second-order valence-electron chi connectivity index (χ2n) is 7.59. The monoisotopic (exact) mass is 236 g/mol. The van der Waals surface area contributed by atoms with E-state index >= 15 is 0 Å². The summed E-state index contributed by atoms with van der Waals surface area (Å²) in [5.41, 5.74) is 2.24. The lowest BCUT2D eigenvalue weighted by molar-refractivity contribution is -0.235. The highest BCUT2D eigenvalue weighted by Crippen LogP contribution is 2.72. The Labute approximate surface area is 106 Å². The van der Waals surface area contributed by atoms with Crippen LogP contribution in [0.1, 0.15) is 61.8 Å². The van der Waals surface area contributed by atoms with Crippen molar-refractivity contribution >= 4 is 0 Å². The van der Waals surface area contributed by atoms with Crippen LogP contribution in [0.25, 0.3) is 0 Å². The van der Waals surface area contributed by atoms with Crippen LogP contribution in [0.3, 0.4) is 0 Å². The molecule has 1 heteroatoms. The molecule has 0 spiro atoms. The second-order valence-corrected chi connectivity index (χ2v) is 7.59. The molecule has 17 heavy (non-hydrogen) atoms. The SMILES string of the molecule is CC1=C(C)C2(C)C(C)CC1(C)C(C)(C)C2(C)O. The smallest absolute Gasteiger partial charge is 0.0771 e. The molecule has 0 heterocycles. The van der Waals surface area contributed by atoms with Gasteiger partial charge in [-0.25, -0.2) is 0 Å². The van der Waals surface area contributed by atoms with Gasteiger partial charge in [0.15, 0.2) is 0 Å². The van der Waals surface area contributed by atoms with Gasteiger partial charge in [0.25, 0.3) is 0 Å². The molecule has 0 amide bonds. The maximum absolute atomic E-state index is 11.2. The number of rotatable bonds is 0. The summed E-state index contributed by atoms with van der Waals surface area (Å²) in [5.74, 6) is 0.541. The van der Waals surface area contributed by atoms with Gasteiger partial charge >= 0.3 is 0 Å². The third kappa shape index (κ3) is 1.02. The topological polar surface area (TPSA) is 20.2 Å². The Morgan fingerprint density at radius 3 is 1.94 bits per heavy atom. The minimum Gasteiger partial charge on any atom is -0.389 e. The van der Waals surface area contributed by atoms with Gasteiger partial charge in [0, 0.05) is 10.8 Å². The molecule has 1 nitrogen and oxygen atoms in total. The van der Waals surface area contributed by atoms with Crippen molar-refractivity contribution < 1.29 is 5.11 Å². The average molecular weight is 236 g/mol. The predicted molar refractivity (Wildman–Crippen MR) is 72.8 cm³/mol. The number of hydrogen-bond acceptors (Lipinski definition) is 1. The van der Waals surface area contributed by atoms with Crippen molar-refractivity contribution in [2.45, 2.75) is 67.4 Å². The van der Waals surface area contributed by atoms with Gasteiger partial charge in [-0.15, -0.1) is 0 Å². The van der Waals surface area contributed by atoms with Gasteiger partial charge in [-0.05, 0) is 38.5 Å². The van der Waals surface area contributed by atoms with E-state index in [4.69, 9.17) is 0 Å². The fraction of sp³-hybridized carbons (Fsp3) is 0.875. The van der Waals surface area contributed by atoms with Gasteiger partial charge in [-0.2, -0.15) is 0 Å². The molecular weight excluding hydrogens is 208 g/mol. The molecule has 0 aromatic rings. The maximum atomic E-state index is 11.2. The molecular formula is C16H28O. The molecule has 0 aromatic heterocycles. The molecule has 1 N–H and O–H groups in total. The van der Waals surface area contributed by atoms with Crippen LogP contribution in [0, 0.1) is 22.2 Å². The van der Waals surface area contributed by atoms with Gasteiger partial charge in [0.05, 0.1) is 5.60 Å². The van der Waals surface area contributed by atoms with Gasteiger partial charge in [0.1, 0.15) is 0 Å². The molecule has 0 aromatic carbocycles. The van der Waals surface area contributed by atoms with E-state index in [0.717, 1.165) is 0 Å². The Bertz CT molecular complexity index is 402. The quantitative estimate of drug-likeness (QED) is 0.626. The molecule has 4 unspecified atom stereocenters. The van der Waals surface area contributed by atoms with Crippen LogP contribution in [0.15, 0.2) is 11.1 Å². The Morgan fingerprint density at radius 2 is 1.47 bits per heavy atom. The molecule has 0 radical (unpaired) electrons. The van der Waals surface area contributed by atoms with E-state index in [-0.39, 0.29) is 16.2 Å². The number of hydrogen-bond donors (Lipinski definition) is 1. The molecule has 0 saturated heterocycles. The Hall–Kier alpha value is -0.300. The van der Waals surface area contributed by atoms with E-state index in [2.05, 4.69) is 55.4 Å². The average Bonchev–Trinajstić information content (AvgIpc) is 2.21. The molecule has 2 bridgehead atoms. The number of aliphatic hydroxyl groups is 1. The Morgan fingerprint density at radius 1 is 1.00 bits per heavy atom. The van der Waals surface area contributed by atoms with Crippen molar-refractivity contribution in [1.29, 1.82) is 0 Å². The molecule has 3 rings (SSSR count). The van der Waals surface area contributed by atoms with E-state index in [9.17, 15) is 5.11 Å². The standard InChI is InChI=1S/C16H28O/c1-10-9-14(6)11(2)12(3)15(10,7)16(8,17)13(14,4)5/h10,17H,9H2,1-8H3. The summed E-state index contributed by atoms with van der Waals surface area (Å²) in [6, 6.07) is 0. The van der Waals surface area contributed by atoms with Crippen molar-refractivity contribution in [3.63, 3.8) is 0 Å². The highest BCUT2D eigenvalue weighted by molar-refractivity contribution is 5.41. The third-order valence-electron chi connectivity index (χ3n) is 7.48. The van der Waals surface area contributed by atoms with Gasteiger partial charge in [-0.3, -0.25) is 0 Å². The van der Waals surface area contributed by atoms with Gasteiger partial charge in [0.2, 0.25) is 0 Å². The fourth-order valence-corrected chi connectivity index (χ4v) is 4.90. The first-order valence-electron chi connectivity index (χ1n) is 6.85. The van der Waals surface area contributed by atoms with Crippen molar-refractivity contribution in [2.24, 2.45) is 22.2 Å². The zero-order chi connectivity index (χ0) is 13.4. The van der Waals surface area contributed by atoms with E-state index in [1.54, 1.807) is 0 Å². The summed E-state index contributed by atoms with van der Waals surface area (Å²) < 4.78 is 0. The van der Waals surface area contributed by atoms with Crippen LogP contribution in [0.4, 0.5) is 0 Å². The zero-order valence-corrected chi connectivity index (χ0v) is 12.7. The Kier molecular flexibility index (Phi) is 2.31. The summed E-state index contributed by atoms with van der Waals surface area (Å²) in [7, 11) is 0. The lowest BCUT2D eigenvalue weighted by Gasteiger charge is -2.71. The minimum absolute atomic E-state index is 0.0785. The van der Waals surface area contributed by atoms with E-state index in [1.807, 2.05) is 0 Å². The third-order valence-corrected chi connectivity index (χ3v) is 7.48. The van der Waals surface area contributed by atoms with Crippen LogP contribution in [-0.2, 0) is 0 Å². The minimum atomic E-state index is -0.643. The van der Waals surface area contributed by atoms with Crippen LogP contribution in [0.2, 0.25) is 0 Å². The summed E-state index contributed by atoms with van der Waals surface area (Å²) in [5, 5.41) is 11.2. The first-order valence-corrected chi connectivity index (χ1v) is 6.85. The van der Waals surface area contributed by atoms with Crippen LogP contribution < -0.4 is 0 Å². The first kappa shape index (κ1) is 13.1. The summed E-state index contributed by atoms with van der Waals surface area (Å²) >= 11 is 0. The lowest BCUT2D eigenvalue weighted by atomic mass is 9.35. The predicted octanol–water partition coefficient (Wildman–Crippen LogP) is 4.17. The van der Waals surface area contributed by atoms with Gasteiger partial charge < -0.3 is 5.11 Å². The maximum Gasteiger partial charge on any atom is 0.0771 e. The first-order chi connectivity index (χ1) is 7.44. The van der Waals surface area contributed by atoms with Crippen LogP contribution in [0.5, 0.6) is 0 Å². The molecule has 3 aliphatic carbocycles. The lowest BCUT2D eigenvalue weighted by Crippen LogP contribution is -2.70. The molecule has 3 aliphatic rings. The van der Waals surface area contributed by atoms with Crippen molar-refractivity contribution in [3.05, 3.63) is 11.1 Å². The summed E-state index contributed by atoms with van der Waals surface area (Å²) in [4.78, 5) is 0. The molecule has 0 aliphatic heterocycles. The van der Waals surface area contributed by atoms with Crippen LogP contribution >= 0.6 is 0 Å². The second kappa shape index (κ2) is 2.99. The summed E-state index contributed by atoms with van der Waals surface area (Å²) in [6.45, 7) is 17.9. The number of allylic oxidation sites excluding steroid dienone is 1. The van der Waals surface area contributed by atoms with E-state index < -0.39 is 5.60 Å². The van der Waals surface area contributed by atoms with Crippen molar-refractivity contribution in [2.75, 3.05) is 0 Å². The van der Waals surface area contributed by atoms with Crippen molar-refractivity contribution in [3.8, 4) is 0 Å². The molecule has 1 fully saturated rings. The van der Waals surface area contributed by atoms with Crippen LogP contribution in [-0.4, -0.2) is 10.7 Å². The fourth-order valence-electron chi connectivity index (χ4n) is 4.90. The molecule has 98 valence electrons. The number of fused-ring (bicyclic) bond motifs is 2. The van der Waals surface area contributed by atoms with E-state index in [1.165, 1.54) is 17.6 Å². The highest BCUT2D eigenvalue weighted by Gasteiger charge is 2.70. The molecule has 4 atom stereocenters. The highest BCUT2D eigenvalue weighted by atomic mass is 16.3.